The summed E-state index contributed by atoms with van der Waals surface area (Å²) in [7, 11) is -4.49. The molecule has 0 saturated carbocycles. The summed E-state index contributed by atoms with van der Waals surface area (Å²) in [5.74, 6) is 0.440. The number of benzene rings is 1. The van der Waals surface area contributed by atoms with Crippen LogP contribution >= 0.6 is 0 Å². The number of halogens is 3. The number of nitrogens with zero attached hydrogens (tertiary/aromatic N) is 2. The van der Waals surface area contributed by atoms with Crippen molar-refractivity contribution in [3.8, 4) is 11.8 Å². The molecule has 10 heteroatoms. The Labute approximate surface area is 112 Å². The lowest BCUT2D eigenvalue weighted by Gasteiger charge is -2.05. The van der Waals surface area contributed by atoms with Crippen LogP contribution in [0.1, 0.15) is 5.56 Å². The molecule has 108 valence electrons. The topological polar surface area (TPSA) is 88.8 Å². The molecular weight excluding hydrogens is 301 g/mol. The molecule has 20 heavy (non-hydrogen) atoms. The third-order valence-electron chi connectivity index (χ3n) is 1.98. The molecule has 0 heterocycles. The average Bonchev–Trinajstić information content (AvgIpc) is 2.38. The lowest BCUT2D eigenvalue weighted by molar-refractivity contribution is -0.0540. The summed E-state index contributed by atoms with van der Waals surface area (Å²) in [6.07, 6.45) is 0. The second kappa shape index (κ2) is 5.79. The maximum absolute atomic E-state index is 12.0. The molecule has 0 amide bonds. The highest BCUT2D eigenvalue weighted by Gasteiger charge is 2.49. The second-order valence-electron chi connectivity index (χ2n) is 3.25. The molecule has 0 fully saturated rings. The van der Waals surface area contributed by atoms with Gasteiger partial charge in [-0.2, -0.15) is 26.9 Å². The van der Waals surface area contributed by atoms with Crippen molar-refractivity contribution in [3.63, 3.8) is 0 Å². The molecule has 1 aromatic carbocycles. The van der Waals surface area contributed by atoms with E-state index in [4.69, 9.17) is 10.00 Å². The van der Waals surface area contributed by atoms with E-state index >= 15 is 0 Å². The third-order valence-corrected chi connectivity index (χ3v) is 2.82. The van der Waals surface area contributed by atoms with Crippen LogP contribution in [-0.4, -0.2) is 26.7 Å². The number of hydrogen-bond acceptors (Lipinski definition) is 6. The van der Waals surface area contributed by atoms with E-state index in [0.29, 0.717) is 5.75 Å². The standard InChI is InChI=1S/C10H7F3N2O4S/c1-18-8-4-2-7(3-5-8)9(6-14)15-19-20(16,17)10(11,12)13/h2-5H,1H3/b15-9+. The van der Waals surface area contributed by atoms with Gasteiger partial charge >= 0.3 is 15.6 Å². The molecule has 0 saturated heterocycles. The first kappa shape index (κ1) is 15.8. The van der Waals surface area contributed by atoms with E-state index in [2.05, 4.69) is 9.44 Å². The van der Waals surface area contributed by atoms with Crippen molar-refractivity contribution in [2.75, 3.05) is 7.11 Å². The highest BCUT2D eigenvalue weighted by molar-refractivity contribution is 7.87. The molecule has 6 nitrogen and oxygen atoms in total. The van der Waals surface area contributed by atoms with Gasteiger partial charge in [0, 0.05) is 5.56 Å². The minimum Gasteiger partial charge on any atom is -0.497 e. The van der Waals surface area contributed by atoms with Crippen molar-refractivity contribution >= 4 is 15.8 Å². The third kappa shape index (κ3) is 3.61. The Morgan fingerprint density at radius 3 is 2.25 bits per heavy atom. The van der Waals surface area contributed by atoms with Gasteiger partial charge in [-0.1, -0.05) is 5.16 Å². The van der Waals surface area contributed by atoms with E-state index in [1.807, 2.05) is 0 Å². The Balaban J connectivity index is 3.02. The second-order valence-corrected chi connectivity index (χ2v) is 4.77. The first-order valence-corrected chi connectivity index (χ1v) is 6.24. The SMILES string of the molecule is COc1ccc(/C(C#N)=N/OS(=O)(=O)C(F)(F)F)cc1. The highest BCUT2D eigenvalue weighted by Crippen LogP contribution is 2.25. The van der Waals surface area contributed by atoms with Gasteiger partial charge in [-0.25, -0.2) is 0 Å². The average molecular weight is 308 g/mol. The van der Waals surface area contributed by atoms with Crippen LogP contribution in [0.15, 0.2) is 29.4 Å². The van der Waals surface area contributed by atoms with Crippen LogP contribution in [0.5, 0.6) is 5.75 Å². The van der Waals surface area contributed by atoms with Crippen LogP contribution in [0.25, 0.3) is 0 Å². The summed E-state index contributed by atoms with van der Waals surface area (Å²) >= 11 is 0. The van der Waals surface area contributed by atoms with Crippen molar-refractivity contribution in [1.29, 1.82) is 5.26 Å². The molecule has 1 aromatic rings. The molecule has 0 spiro atoms. The molecule has 0 aliphatic heterocycles. The van der Waals surface area contributed by atoms with Gasteiger partial charge in [0.2, 0.25) is 0 Å². The summed E-state index contributed by atoms with van der Waals surface area (Å²) in [5, 5.41) is 11.5. The molecule has 0 aromatic heterocycles. The zero-order valence-corrected chi connectivity index (χ0v) is 10.7. The molecule has 0 aliphatic rings. The quantitative estimate of drug-likeness (QED) is 0.480. The normalized spacial score (nSPS) is 12.7. The number of ether oxygens (including phenoxy) is 1. The number of nitriles is 1. The predicted octanol–water partition coefficient (Wildman–Crippen LogP) is 1.79. The van der Waals surface area contributed by atoms with E-state index in [1.54, 1.807) is 0 Å². The molecule has 0 N–H and O–H groups in total. The number of rotatable bonds is 4. The van der Waals surface area contributed by atoms with E-state index in [9.17, 15) is 21.6 Å². The van der Waals surface area contributed by atoms with Gasteiger partial charge in [0.05, 0.1) is 7.11 Å². The summed E-state index contributed by atoms with van der Waals surface area (Å²) in [6.45, 7) is 0. The number of methoxy groups -OCH3 is 1. The van der Waals surface area contributed by atoms with Gasteiger partial charge in [-0.05, 0) is 24.3 Å². The fourth-order valence-corrected chi connectivity index (χ4v) is 1.27. The molecule has 0 bridgehead atoms. The van der Waals surface area contributed by atoms with Gasteiger partial charge in [-0.15, -0.1) is 0 Å². The van der Waals surface area contributed by atoms with Crippen LogP contribution in [0, 0.1) is 11.3 Å². The fraction of sp³-hybridized carbons (Fsp3) is 0.200. The predicted molar refractivity (Wildman–Crippen MR) is 61.2 cm³/mol. The monoisotopic (exact) mass is 308 g/mol. The van der Waals surface area contributed by atoms with Crippen molar-refractivity contribution in [3.05, 3.63) is 29.8 Å². The van der Waals surface area contributed by atoms with Gasteiger partial charge in [0.1, 0.15) is 11.8 Å². The van der Waals surface area contributed by atoms with Crippen LogP contribution < -0.4 is 4.74 Å². The van der Waals surface area contributed by atoms with Crippen LogP contribution in [0.3, 0.4) is 0 Å². The zero-order chi connectivity index (χ0) is 15.4. The first-order chi connectivity index (χ1) is 9.21. The van der Waals surface area contributed by atoms with Crippen molar-refractivity contribution in [2.45, 2.75) is 5.51 Å². The number of alkyl halides is 3. The molecule has 0 unspecified atom stereocenters. The van der Waals surface area contributed by atoms with Crippen LogP contribution in [-0.2, 0) is 14.4 Å². The Kier molecular flexibility index (Phi) is 4.57. The summed E-state index contributed by atoms with van der Waals surface area (Å²) in [6, 6.07) is 6.89. The number of oxime groups is 1. The van der Waals surface area contributed by atoms with Gasteiger partial charge in [-0.3, -0.25) is 4.28 Å². The Hall–Kier alpha value is -2.28. The molecule has 0 aliphatic carbocycles. The smallest absolute Gasteiger partial charge is 0.497 e. The van der Waals surface area contributed by atoms with E-state index < -0.39 is 21.3 Å². The molecule has 0 radical (unpaired) electrons. The van der Waals surface area contributed by atoms with E-state index in [1.165, 1.54) is 37.4 Å². The maximum atomic E-state index is 12.0. The molecular formula is C10H7F3N2O4S. The number of hydrogen-bond donors (Lipinski definition) is 0. The molecule has 1 rings (SSSR count). The van der Waals surface area contributed by atoms with Gasteiger partial charge in [0.25, 0.3) is 0 Å². The summed E-state index contributed by atoms with van der Waals surface area (Å²) < 4.78 is 65.5. The highest BCUT2D eigenvalue weighted by atomic mass is 32.2. The van der Waals surface area contributed by atoms with Gasteiger partial charge < -0.3 is 4.74 Å². The van der Waals surface area contributed by atoms with E-state index in [-0.39, 0.29) is 5.56 Å². The Morgan fingerprint density at radius 1 is 1.30 bits per heavy atom. The Bertz CT molecular complexity index is 645. The maximum Gasteiger partial charge on any atom is 0.536 e. The van der Waals surface area contributed by atoms with E-state index in [0.717, 1.165) is 0 Å². The fourth-order valence-electron chi connectivity index (χ4n) is 1.02. The zero-order valence-electron chi connectivity index (χ0n) is 9.88. The lowest BCUT2D eigenvalue weighted by Crippen LogP contribution is -2.24. The summed E-state index contributed by atoms with van der Waals surface area (Å²) in [5.41, 5.74) is -6.16. The van der Waals surface area contributed by atoms with Gasteiger partial charge in [0.15, 0.2) is 5.71 Å². The first-order valence-electron chi connectivity index (χ1n) is 4.83. The van der Waals surface area contributed by atoms with Crippen molar-refractivity contribution < 1.29 is 30.6 Å². The Morgan fingerprint density at radius 2 is 1.85 bits per heavy atom. The molecule has 0 atom stereocenters. The van der Waals surface area contributed by atoms with Crippen molar-refractivity contribution in [1.82, 2.24) is 0 Å². The largest absolute Gasteiger partial charge is 0.536 e. The lowest BCUT2D eigenvalue weighted by atomic mass is 10.1. The summed E-state index contributed by atoms with van der Waals surface area (Å²) in [4.78, 5) is 0. The van der Waals surface area contributed by atoms with Crippen LogP contribution in [0.2, 0.25) is 0 Å². The minimum atomic E-state index is -5.89. The van der Waals surface area contributed by atoms with Crippen LogP contribution in [0.4, 0.5) is 13.2 Å². The van der Waals surface area contributed by atoms with Crippen molar-refractivity contribution in [2.24, 2.45) is 5.16 Å². The minimum absolute atomic E-state index is 0.0747.